The van der Waals surface area contributed by atoms with Gasteiger partial charge in [0.25, 0.3) is 0 Å². The first-order valence-corrected chi connectivity index (χ1v) is 6.06. The molecule has 2 aromatic rings. The molecule has 0 aliphatic heterocycles. The van der Waals surface area contributed by atoms with E-state index < -0.39 is 0 Å². The number of carbonyl (C=O) groups is 1. The van der Waals surface area contributed by atoms with Gasteiger partial charge in [0.15, 0.2) is 6.29 Å². The van der Waals surface area contributed by atoms with Crippen LogP contribution in [0, 0.1) is 6.92 Å². The van der Waals surface area contributed by atoms with Crippen molar-refractivity contribution in [2.24, 2.45) is 0 Å². The van der Waals surface area contributed by atoms with Gasteiger partial charge < -0.3 is 4.74 Å². The number of aldehydes is 1. The van der Waals surface area contributed by atoms with Gasteiger partial charge in [0.05, 0.1) is 5.56 Å². The number of hydrogen-bond donors (Lipinski definition) is 0. The molecule has 0 aliphatic rings. The Bertz CT molecular complexity index is 559. The molecule has 0 N–H and O–H groups in total. The molecule has 18 heavy (non-hydrogen) atoms. The zero-order chi connectivity index (χ0) is 13.0. The van der Waals surface area contributed by atoms with Gasteiger partial charge in [-0.05, 0) is 37.1 Å². The quantitative estimate of drug-likeness (QED) is 0.750. The molecule has 0 aliphatic carbocycles. The number of benzene rings is 2. The van der Waals surface area contributed by atoms with Crippen LogP contribution in [0.25, 0.3) is 0 Å². The second-order valence-electron chi connectivity index (χ2n) is 4.22. The molecule has 0 fully saturated rings. The molecular formula is C16H16O2. The van der Waals surface area contributed by atoms with Crippen LogP contribution in [0.5, 0.6) is 11.5 Å². The summed E-state index contributed by atoms with van der Waals surface area (Å²) < 4.78 is 5.85. The standard InChI is InChI=1S/C16H16O2/c1-3-13-6-4-5-7-15(13)18-16-9-8-12(2)10-14(16)11-17/h4-11H,3H2,1-2H3. The molecule has 2 heteroatoms. The smallest absolute Gasteiger partial charge is 0.153 e. The number of para-hydroxylation sites is 1. The third-order valence-corrected chi connectivity index (χ3v) is 2.87. The van der Waals surface area contributed by atoms with E-state index in [2.05, 4.69) is 6.92 Å². The predicted molar refractivity (Wildman–Crippen MR) is 72.5 cm³/mol. The number of hydrogen-bond acceptors (Lipinski definition) is 2. The van der Waals surface area contributed by atoms with Gasteiger partial charge in [0.1, 0.15) is 11.5 Å². The summed E-state index contributed by atoms with van der Waals surface area (Å²) in [5.41, 5.74) is 2.77. The Hall–Kier alpha value is -2.09. The molecule has 0 atom stereocenters. The second kappa shape index (κ2) is 5.50. The summed E-state index contributed by atoms with van der Waals surface area (Å²) in [4.78, 5) is 11.0. The molecule has 92 valence electrons. The third kappa shape index (κ3) is 2.59. The van der Waals surface area contributed by atoms with Gasteiger partial charge in [0, 0.05) is 0 Å². The van der Waals surface area contributed by atoms with E-state index in [1.165, 1.54) is 0 Å². The molecule has 2 nitrogen and oxygen atoms in total. The highest BCUT2D eigenvalue weighted by molar-refractivity contribution is 5.79. The zero-order valence-corrected chi connectivity index (χ0v) is 10.6. The molecule has 0 unspecified atom stereocenters. The molecule has 0 spiro atoms. The van der Waals surface area contributed by atoms with Gasteiger partial charge in [0.2, 0.25) is 0 Å². The van der Waals surface area contributed by atoms with Crippen molar-refractivity contribution in [1.82, 2.24) is 0 Å². The third-order valence-electron chi connectivity index (χ3n) is 2.87. The van der Waals surface area contributed by atoms with E-state index in [4.69, 9.17) is 4.74 Å². The zero-order valence-electron chi connectivity index (χ0n) is 10.6. The van der Waals surface area contributed by atoms with Gasteiger partial charge >= 0.3 is 0 Å². The molecule has 0 bridgehead atoms. The maximum atomic E-state index is 11.0. The molecule has 0 saturated heterocycles. The van der Waals surface area contributed by atoms with Crippen LogP contribution < -0.4 is 4.74 Å². The highest BCUT2D eigenvalue weighted by Crippen LogP contribution is 2.28. The summed E-state index contributed by atoms with van der Waals surface area (Å²) in [5.74, 6) is 1.42. The van der Waals surface area contributed by atoms with Crippen LogP contribution in [0.15, 0.2) is 42.5 Å². The summed E-state index contributed by atoms with van der Waals surface area (Å²) in [7, 11) is 0. The fourth-order valence-electron chi connectivity index (χ4n) is 1.87. The Morgan fingerprint density at radius 3 is 2.61 bits per heavy atom. The first kappa shape index (κ1) is 12.4. The van der Waals surface area contributed by atoms with E-state index in [-0.39, 0.29) is 0 Å². The van der Waals surface area contributed by atoms with Gasteiger partial charge in [-0.15, -0.1) is 0 Å². The fraction of sp³-hybridized carbons (Fsp3) is 0.188. The van der Waals surface area contributed by atoms with E-state index >= 15 is 0 Å². The average molecular weight is 240 g/mol. The maximum absolute atomic E-state index is 11.0. The summed E-state index contributed by atoms with van der Waals surface area (Å²) in [6.07, 6.45) is 1.73. The molecule has 0 radical (unpaired) electrons. The molecule has 0 saturated carbocycles. The Labute approximate surface area is 107 Å². The van der Waals surface area contributed by atoms with Gasteiger partial charge in [-0.25, -0.2) is 0 Å². The predicted octanol–water partition coefficient (Wildman–Crippen LogP) is 4.16. The molecule has 2 rings (SSSR count). The molecular weight excluding hydrogens is 224 g/mol. The van der Waals surface area contributed by atoms with Crippen LogP contribution in [0.2, 0.25) is 0 Å². The highest BCUT2D eigenvalue weighted by atomic mass is 16.5. The number of carbonyl (C=O) groups excluding carboxylic acids is 1. The van der Waals surface area contributed by atoms with Crippen molar-refractivity contribution in [1.29, 1.82) is 0 Å². The van der Waals surface area contributed by atoms with Crippen LogP contribution >= 0.6 is 0 Å². The van der Waals surface area contributed by atoms with Crippen LogP contribution in [0.3, 0.4) is 0 Å². The minimum Gasteiger partial charge on any atom is -0.456 e. The second-order valence-corrected chi connectivity index (χ2v) is 4.22. The molecule has 0 aromatic heterocycles. The van der Waals surface area contributed by atoms with Gasteiger partial charge in [-0.1, -0.05) is 36.8 Å². The summed E-state index contributed by atoms with van der Waals surface area (Å²) in [6, 6.07) is 13.5. The van der Waals surface area contributed by atoms with Crippen LogP contribution in [0.1, 0.15) is 28.4 Å². The van der Waals surface area contributed by atoms with Crippen molar-refractivity contribution in [3.8, 4) is 11.5 Å². The van der Waals surface area contributed by atoms with Crippen LogP contribution in [0.4, 0.5) is 0 Å². The summed E-state index contributed by atoms with van der Waals surface area (Å²) in [6.45, 7) is 4.04. The van der Waals surface area contributed by atoms with Gasteiger partial charge in [-0.2, -0.15) is 0 Å². The lowest BCUT2D eigenvalue weighted by molar-refractivity contribution is 0.112. The summed E-state index contributed by atoms with van der Waals surface area (Å²) >= 11 is 0. The van der Waals surface area contributed by atoms with Crippen molar-refractivity contribution in [2.45, 2.75) is 20.3 Å². The Morgan fingerprint density at radius 2 is 1.89 bits per heavy atom. The van der Waals surface area contributed by atoms with E-state index in [9.17, 15) is 4.79 Å². The van der Waals surface area contributed by atoms with Crippen molar-refractivity contribution in [3.05, 3.63) is 59.2 Å². The minimum atomic E-state index is 0.584. The normalized spacial score (nSPS) is 10.1. The maximum Gasteiger partial charge on any atom is 0.153 e. The molecule has 2 aromatic carbocycles. The largest absolute Gasteiger partial charge is 0.456 e. The lowest BCUT2D eigenvalue weighted by atomic mass is 10.1. The molecule has 0 amide bonds. The van der Waals surface area contributed by atoms with E-state index in [0.717, 1.165) is 29.6 Å². The van der Waals surface area contributed by atoms with E-state index in [1.54, 1.807) is 0 Å². The van der Waals surface area contributed by atoms with Crippen LogP contribution in [-0.4, -0.2) is 6.29 Å². The average Bonchev–Trinajstić information content (AvgIpc) is 2.41. The van der Waals surface area contributed by atoms with Crippen LogP contribution in [-0.2, 0) is 6.42 Å². The van der Waals surface area contributed by atoms with Crippen molar-refractivity contribution < 1.29 is 9.53 Å². The topological polar surface area (TPSA) is 26.3 Å². The number of rotatable bonds is 4. The van der Waals surface area contributed by atoms with Crippen molar-refractivity contribution in [2.75, 3.05) is 0 Å². The highest BCUT2D eigenvalue weighted by Gasteiger charge is 2.07. The minimum absolute atomic E-state index is 0.584. The number of ether oxygens (including phenoxy) is 1. The van der Waals surface area contributed by atoms with Crippen molar-refractivity contribution >= 4 is 6.29 Å². The SMILES string of the molecule is CCc1ccccc1Oc1ccc(C)cc1C=O. The lowest BCUT2D eigenvalue weighted by Gasteiger charge is -2.11. The first-order valence-electron chi connectivity index (χ1n) is 6.06. The Kier molecular flexibility index (Phi) is 3.78. The van der Waals surface area contributed by atoms with E-state index in [1.807, 2.05) is 49.4 Å². The Morgan fingerprint density at radius 1 is 1.11 bits per heavy atom. The van der Waals surface area contributed by atoms with Gasteiger partial charge in [-0.3, -0.25) is 4.79 Å². The fourth-order valence-corrected chi connectivity index (χ4v) is 1.87. The lowest BCUT2D eigenvalue weighted by Crippen LogP contribution is -1.94. The van der Waals surface area contributed by atoms with E-state index in [0.29, 0.717) is 11.3 Å². The monoisotopic (exact) mass is 240 g/mol. The Balaban J connectivity index is 2.36. The van der Waals surface area contributed by atoms with Crippen molar-refractivity contribution in [3.63, 3.8) is 0 Å². The molecule has 0 heterocycles. The number of aryl methyl sites for hydroxylation is 2. The summed E-state index contributed by atoms with van der Waals surface area (Å²) in [5, 5.41) is 0. The first-order chi connectivity index (χ1) is 8.74.